The van der Waals surface area contributed by atoms with Crippen LogP contribution >= 0.6 is 0 Å². The molecule has 3 heterocycles. The maximum atomic E-state index is 12.5. The second-order valence-corrected chi connectivity index (χ2v) is 8.00. The number of ether oxygens (including phenoxy) is 1. The number of methoxy groups -OCH3 is 1. The number of likely N-dealkylation sites (N-methyl/N-ethyl adjacent to an activating group) is 1. The van der Waals surface area contributed by atoms with Gasteiger partial charge in [-0.25, -0.2) is 9.78 Å². The van der Waals surface area contributed by atoms with E-state index in [2.05, 4.69) is 27.5 Å². The zero-order chi connectivity index (χ0) is 19.6. The van der Waals surface area contributed by atoms with Crippen molar-refractivity contribution in [1.29, 1.82) is 0 Å². The molecule has 2 amide bonds. The molecule has 28 heavy (non-hydrogen) atoms. The number of rotatable bonds is 6. The molecule has 2 aromatic rings. The van der Waals surface area contributed by atoms with E-state index in [1.807, 2.05) is 35.2 Å². The van der Waals surface area contributed by atoms with E-state index in [1.165, 1.54) is 0 Å². The molecule has 2 saturated heterocycles. The van der Waals surface area contributed by atoms with E-state index < -0.39 is 0 Å². The van der Waals surface area contributed by atoms with E-state index in [4.69, 9.17) is 9.72 Å². The zero-order valence-electron chi connectivity index (χ0n) is 16.5. The Labute approximate surface area is 165 Å². The quantitative estimate of drug-likeness (QED) is 0.782. The van der Waals surface area contributed by atoms with Crippen molar-refractivity contribution in [2.24, 2.45) is 5.41 Å². The third-order valence-corrected chi connectivity index (χ3v) is 5.81. The monoisotopic (exact) mass is 384 g/mol. The molecule has 1 aromatic carbocycles. The third-order valence-electron chi connectivity index (χ3n) is 5.81. The van der Waals surface area contributed by atoms with Crippen molar-refractivity contribution in [2.75, 3.05) is 46.9 Å². The summed E-state index contributed by atoms with van der Waals surface area (Å²) >= 11 is 0. The standard InChI is InChI=1S/C20H28N6O2/c1-25-11-16(18-22-17(23-24-18)8-9-28-2)20(12-25)13-26(14-20)19(27)21-10-15-6-4-3-5-7-15/h3-7,16H,8-14H2,1-2H3,(H,21,27)(H,22,23,24). The van der Waals surface area contributed by atoms with Crippen molar-refractivity contribution in [3.8, 4) is 0 Å². The van der Waals surface area contributed by atoms with Gasteiger partial charge in [0.25, 0.3) is 0 Å². The van der Waals surface area contributed by atoms with Crippen LogP contribution in [0.1, 0.15) is 23.1 Å². The van der Waals surface area contributed by atoms with Gasteiger partial charge in [0, 0.05) is 57.6 Å². The number of benzene rings is 1. The summed E-state index contributed by atoms with van der Waals surface area (Å²) in [7, 11) is 3.81. The molecule has 0 radical (unpaired) electrons. The lowest BCUT2D eigenvalue weighted by Gasteiger charge is -2.50. The van der Waals surface area contributed by atoms with Gasteiger partial charge in [0.1, 0.15) is 5.82 Å². The Hall–Kier alpha value is -2.45. The predicted molar refractivity (Wildman–Crippen MR) is 105 cm³/mol. The van der Waals surface area contributed by atoms with Gasteiger partial charge in [-0.1, -0.05) is 30.3 Å². The highest BCUT2D eigenvalue weighted by Gasteiger charge is 2.56. The number of nitrogens with one attached hydrogen (secondary N) is 2. The van der Waals surface area contributed by atoms with E-state index in [0.29, 0.717) is 13.2 Å². The van der Waals surface area contributed by atoms with E-state index in [9.17, 15) is 4.79 Å². The Bertz CT molecular complexity index is 802. The van der Waals surface area contributed by atoms with Gasteiger partial charge in [-0.15, -0.1) is 0 Å². The van der Waals surface area contributed by atoms with Crippen molar-refractivity contribution in [3.63, 3.8) is 0 Å². The summed E-state index contributed by atoms with van der Waals surface area (Å²) in [5.41, 5.74) is 1.15. The summed E-state index contributed by atoms with van der Waals surface area (Å²) in [5.74, 6) is 1.96. The lowest BCUT2D eigenvalue weighted by Crippen LogP contribution is -2.63. The van der Waals surface area contributed by atoms with E-state index in [-0.39, 0.29) is 17.4 Å². The second-order valence-electron chi connectivity index (χ2n) is 8.00. The first-order valence-corrected chi connectivity index (χ1v) is 9.75. The highest BCUT2D eigenvalue weighted by Crippen LogP contribution is 2.47. The van der Waals surface area contributed by atoms with Gasteiger partial charge < -0.3 is 19.9 Å². The highest BCUT2D eigenvalue weighted by atomic mass is 16.5. The lowest BCUT2D eigenvalue weighted by molar-refractivity contribution is 0.0268. The number of carbonyl (C=O) groups is 1. The number of urea groups is 1. The minimum Gasteiger partial charge on any atom is -0.384 e. The highest BCUT2D eigenvalue weighted by molar-refractivity contribution is 5.75. The van der Waals surface area contributed by atoms with E-state index in [0.717, 1.165) is 49.8 Å². The minimum atomic E-state index is -0.00134. The fraction of sp³-hybridized carbons (Fsp3) is 0.550. The average Bonchev–Trinajstić information content (AvgIpc) is 3.28. The molecule has 0 bridgehead atoms. The van der Waals surface area contributed by atoms with Crippen LogP contribution in [0, 0.1) is 5.41 Å². The lowest BCUT2D eigenvalue weighted by atomic mass is 9.71. The molecule has 150 valence electrons. The van der Waals surface area contributed by atoms with Gasteiger partial charge in [0.15, 0.2) is 5.82 Å². The summed E-state index contributed by atoms with van der Waals surface area (Å²) in [5, 5.41) is 10.5. The zero-order valence-corrected chi connectivity index (χ0v) is 16.5. The van der Waals surface area contributed by atoms with Crippen LogP contribution in [0.2, 0.25) is 0 Å². The van der Waals surface area contributed by atoms with Crippen molar-refractivity contribution in [3.05, 3.63) is 47.5 Å². The van der Waals surface area contributed by atoms with Crippen LogP contribution < -0.4 is 5.32 Å². The molecule has 8 heteroatoms. The molecule has 0 aliphatic carbocycles. The molecule has 4 rings (SSSR count). The van der Waals surface area contributed by atoms with Gasteiger partial charge in [-0.2, -0.15) is 5.10 Å². The fourth-order valence-electron chi connectivity index (χ4n) is 4.41. The van der Waals surface area contributed by atoms with Crippen molar-refractivity contribution in [1.82, 2.24) is 30.3 Å². The molecule has 1 spiro atoms. The summed E-state index contributed by atoms with van der Waals surface area (Å²) in [6.45, 7) is 4.54. The number of nitrogens with zero attached hydrogens (tertiary/aromatic N) is 4. The molecule has 1 unspecified atom stereocenters. The number of aromatic nitrogens is 3. The number of hydrogen-bond donors (Lipinski definition) is 2. The molecule has 0 saturated carbocycles. The van der Waals surface area contributed by atoms with Gasteiger partial charge in [0.05, 0.1) is 6.61 Å². The topological polar surface area (TPSA) is 86.4 Å². The number of amides is 2. The molecule has 2 fully saturated rings. The number of aromatic amines is 1. The maximum Gasteiger partial charge on any atom is 0.317 e. The maximum absolute atomic E-state index is 12.5. The second kappa shape index (κ2) is 7.89. The van der Waals surface area contributed by atoms with Crippen LogP contribution in [0.25, 0.3) is 0 Å². The van der Waals surface area contributed by atoms with E-state index >= 15 is 0 Å². The fourth-order valence-corrected chi connectivity index (χ4v) is 4.41. The third kappa shape index (κ3) is 3.74. The van der Waals surface area contributed by atoms with Crippen LogP contribution in [-0.2, 0) is 17.7 Å². The van der Waals surface area contributed by atoms with Gasteiger partial charge in [-0.3, -0.25) is 5.10 Å². The minimum absolute atomic E-state index is 0.00134. The predicted octanol–water partition coefficient (Wildman–Crippen LogP) is 1.23. The van der Waals surface area contributed by atoms with Crippen molar-refractivity contribution in [2.45, 2.75) is 18.9 Å². The average molecular weight is 384 g/mol. The van der Waals surface area contributed by atoms with E-state index in [1.54, 1.807) is 7.11 Å². The van der Waals surface area contributed by atoms with Gasteiger partial charge >= 0.3 is 6.03 Å². The molecule has 2 aliphatic heterocycles. The smallest absolute Gasteiger partial charge is 0.317 e. The molecule has 2 N–H and O–H groups in total. The van der Waals surface area contributed by atoms with Gasteiger partial charge in [0.2, 0.25) is 0 Å². The molecule has 1 aromatic heterocycles. The van der Waals surface area contributed by atoms with Crippen LogP contribution in [0.5, 0.6) is 0 Å². The number of likely N-dealkylation sites (tertiary alicyclic amines) is 2. The summed E-state index contributed by atoms with van der Waals surface area (Å²) in [4.78, 5) is 21.4. The largest absolute Gasteiger partial charge is 0.384 e. The summed E-state index contributed by atoms with van der Waals surface area (Å²) in [6.07, 6.45) is 0.729. The Morgan fingerprint density at radius 1 is 1.32 bits per heavy atom. The van der Waals surface area contributed by atoms with Crippen molar-refractivity contribution < 1.29 is 9.53 Å². The Kier molecular flexibility index (Phi) is 5.32. The van der Waals surface area contributed by atoms with Crippen LogP contribution in [0.15, 0.2) is 30.3 Å². The van der Waals surface area contributed by atoms with Crippen LogP contribution in [0.3, 0.4) is 0 Å². The number of hydrogen-bond acceptors (Lipinski definition) is 5. The number of H-pyrrole nitrogens is 1. The number of carbonyl (C=O) groups excluding carboxylic acids is 1. The Morgan fingerprint density at radius 2 is 2.11 bits per heavy atom. The van der Waals surface area contributed by atoms with Crippen LogP contribution in [-0.4, -0.2) is 78.0 Å². The van der Waals surface area contributed by atoms with Gasteiger partial charge in [-0.05, 0) is 12.6 Å². The summed E-state index contributed by atoms with van der Waals surface area (Å²) < 4.78 is 5.12. The van der Waals surface area contributed by atoms with Crippen molar-refractivity contribution >= 4 is 6.03 Å². The first kappa shape index (κ1) is 18.9. The molecule has 8 nitrogen and oxygen atoms in total. The molecule has 2 aliphatic rings. The molecule has 1 atom stereocenters. The SMILES string of the molecule is COCCc1nc(C2CN(C)CC23CN(C(=O)NCc2ccccc2)C3)n[nH]1. The summed E-state index contributed by atoms with van der Waals surface area (Å²) in [6, 6.07) is 9.98. The normalized spacial score (nSPS) is 21.1. The molecular weight excluding hydrogens is 356 g/mol. The first-order chi connectivity index (χ1) is 13.6. The van der Waals surface area contributed by atoms with Crippen LogP contribution in [0.4, 0.5) is 4.79 Å². The molecular formula is C20H28N6O2. The Morgan fingerprint density at radius 3 is 2.86 bits per heavy atom. The Balaban J connectivity index is 1.36. The first-order valence-electron chi connectivity index (χ1n) is 9.75.